The number of pyridine rings is 1. The topological polar surface area (TPSA) is 89.3 Å². The molecule has 4 aromatic rings. The highest BCUT2D eigenvalue weighted by molar-refractivity contribution is 5.93. The molecular formula is C28H29N5O3. The van der Waals surface area contributed by atoms with Gasteiger partial charge in [-0.25, -0.2) is 9.97 Å². The van der Waals surface area contributed by atoms with E-state index in [2.05, 4.69) is 10.3 Å². The molecule has 0 unspecified atom stereocenters. The van der Waals surface area contributed by atoms with Gasteiger partial charge >= 0.3 is 0 Å². The zero-order chi connectivity index (χ0) is 25.1. The number of fused-ring (bicyclic) bond motifs is 1. The Hall–Kier alpha value is -4.20. The minimum Gasteiger partial charge on any atom is -0.497 e. The molecule has 1 saturated heterocycles. The molecule has 36 heavy (non-hydrogen) atoms. The van der Waals surface area contributed by atoms with Gasteiger partial charge in [-0.15, -0.1) is 0 Å². The molecule has 184 valence electrons. The van der Waals surface area contributed by atoms with Crippen LogP contribution in [0.4, 0.5) is 11.5 Å². The average Bonchev–Trinajstić information content (AvgIpc) is 2.91. The normalized spacial score (nSPS) is 15.6. The fraction of sp³-hybridized carbons (Fsp3) is 0.286. The number of hydrogen-bond donors (Lipinski definition) is 1. The lowest BCUT2D eigenvalue weighted by Gasteiger charge is -2.32. The summed E-state index contributed by atoms with van der Waals surface area (Å²) in [5.41, 5.74) is 3.87. The predicted molar refractivity (Wildman–Crippen MR) is 141 cm³/mol. The third-order valence-corrected chi connectivity index (χ3v) is 6.57. The third kappa shape index (κ3) is 4.93. The van der Waals surface area contributed by atoms with Crippen molar-refractivity contribution in [1.29, 1.82) is 0 Å². The van der Waals surface area contributed by atoms with Crippen molar-refractivity contribution < 1.29 is 9.53 Å². The zero-order valence-corrected chi connectivity index (χ0v) is 20.5. The van der Waals surface area contributed by atoms with Crippen LogP contribution in [0.25, 0.3) is 11.2 Å². The van der Waals surface area contributed by atoms with Crippen molar-refractivity contribution in [3.8, 4) is 5.75 Å². The Morgan fingerprint density at radius 1 is 1.14 bits per heavy atom. The standard InChI is InChI=1S/C28H29N5O3/c1-19-10-12-20(13-11-19)17-33-25-24(9-4-14-29-25)31-26(28(33)35)32-15-5-6-21(18-32)27(34)30-22-7-3-8-23(16-22)36-2/h3-4,7-14,16,21H,5-6,15,17-18H2,1-2H3,(H,30,34)/t21-/m0/s1. The second kappa shape index (κ2) is 10.2. The minimum absolute atomic E-state index is 0.0737. The Bertz CT molecular complexity index is 1450. The molecule has 2 aromatic heterocycles. The maximum absolute atomic E-state index is 13.7. The lowest BCUT2D eigenvalue weighted by molar-refractivity contribution is -0.120. The van der Waals surface area contributed by atoms with E-state index >= 15 is 0 Å². The Balaban J connectivity index is 1.43. The molecule has 0 saturated carbocycles. The number of rotatable bonds is 6. The number of aromatic nitrogens is 3. The third-order valence-electron chi connectivity index (χ3n) is 6.57. The predicted octanol–water partition coefficient (Wildman–Crippen LogP) is 4.01. The van der Waals surface area contributed by atoms with Crippen LogP contribution in [-0.2, 0) is 11.3 Å². The maximum Gasteiger partial charge on any atom is 0.295 e. The smallest absolute Gasteiger partial charge is 0.295 e. The molecule has 5 rings (SSSR count). The fourth-order valence-electron chi connectivity index (χ4n) is 4.62. The number of carbonyl (C=O) groups is 1. The molecule has 0 bridgehead atoms. The number of methoxy groups -OCH3 is 1. The van der Waals surface area contributed by atoms with E-state index in [1.807, 2.05) is 66.4 Å². The van der Waals surface area contributed by atoms with Crippen LogP contribution in [0.5, 0.6) is 5.75 Å². The van der Waals surface area contributed by atoms with Crippen LogP contribution in [0.3, 0.4) is 0 Å². The van der Waals surface area contributed by atoms with Gasteiger partial charge in [-0.05, 0) is 49.6 Å². The molecule has 8 nitrogen and oxygen atoms in total. The number of hydrogen-bond acceptors (Lipinski definition) is 6. The van der Waals surface area contributed by atoms with Gasteiger partial charge in [-0.3, -0.25) is 14.2 Å². The van der Waals surface area contributed by atoms with E-state index in [4.69, 9.17) is 9.72 Å². The second-order valence-corrected chi connectivity index (χ2v) is 9.16. The van der Waals surface area contributed by atoms with Gasteiger partial charge in [0.25, 0.3) is 5.56 Å². The molecule has 1 fully saturated rings. The molecule has 0 radical (unpaired) electrons. The molecule has 3 heterocycles. The van der Waals surface area contributed by atoms with Gasteiger partial charge in [-0.2, -0.15) is 0 Å². The first-order valence-electron chi connectivity index (χ1n) is 12.1. The van der Waals surface area contributed by atoms with Gasteiger partial charge in [0.2, 0.25) is 5.91 Å². The first-order valence-corrected chi connectivity index (χ1v) is 12.1. The van der Waals surface area contributed by atoms with Crippen LogP contribution in [0.15, 0.2) is 71.7 Å². The van der Waals surface area contributed by atoms with Crippen molar-refractivity contribution in [3.05, 3.63) is 88.3 Å². The van der Waals surface area contributed by atoms with E-state index in [9.17, 15) is 9.59 Å². The van der Waals surface area contributed by atoms with Gasteiger partial charge in [0.05, 0.1) is 19.6 Å². The molecular weight excluding hydrogens is 454 g/mol. The Kier molecular flexibility index (Phi) is 6.66. The van der Waals surface area contributed by atoms with Gasteiger partial charge in [-0.1, -0.05) is 35.9 Å². The summed E-state index contributed by atoms with van der Waals surface area (Å²) in [4.78, 5) is 37.9. The lowest BCUT2D eigenvalue weighted by atomic mass is 9.97. The number of nitrogens with zero attached hydrogens (tertiary/aromatic N) is 4. The summed E-state index contributed by atoms with van der Waals surface area (Å²) >= 11 is 0. The summed E-state index contributed by atoms with van der Waals surface area (Å²) in [6, 6.07) is 19.1. The fourth-order valence-corrected chi connectivity index (χ4v) is 4.62. The van der Waals surface area contributed by atoms with Gasteiger partial charge in [0, 0.05) is 31.0 Å². The van der Waals surface area contributed by atoms with E-state index in [0.717, 1.165) is 24.0 Å². The number of carbonyl (C=O) groups excluding carboxylic acids is 1. The van der Waals surface area contributed by atoms with Crippen molar-refractivity contribution in [1.82, 2.24) is 14.5 Å². The molecule has 1 atom stereocenters. The van der Waals surface area contributed by atoms with E-state index in [1.165, 1.54) is 0 Å². The highest BCUT2D eigenvalue weighted by Crippen LogP contribution is 2.24. The minimum atomic E-state index is -0.263. The van der Waals surface area contributed by atoms with E-state index in [1.54, 1.807) is 23.9 Å². The molecule has 1 amide bonds. The Morgan fingerprint density at radius 2 is 1.97 bits per heavy atom. The van der Waals surface area contributed by atoms with Crippen LogP contribution in [-0.4, -0.2) is 40.6 Å². The molecule has 1 aliphatic rings. The van der Waals surface area contributed by atoms with Crippen molar-refractivity contribution in [3.63, 3.8) is 0 Å². The quantitative estimate of drug-likeness (QED) is 0.446. The van der Waals surface area contributed by atoms with Crippen molar-refractivity contribution in [2.45, 2.75) is 26.3 Å². The number of nitrogens with one attached hydrogen (secondary N) is 1. The Morgan fingerprint density at radius 3 is 2.78 bits per heavy atom. The number of ether oxygens (including phenoxy) is 1. The van der Waals surface area contributed by atoms with E-state index in [-0.39, 0.29) is 17.4 Å². The van der Waals surface area contributed by atoms with Crippen molar-refractivity contribution in [2.24, 2.45) is 5.92 Å². The molecule has 1 aliphatic heterocycles. The van der Waals surface area contributed by atoms with Crippen LogP contribution >= 0.6 is 0 Å². The molecule has 1 N–H and O–H groups in total. The monoisotopic (exact) mass is 483 g/mol. The van der Waals surface area contributed by atoms with Crippen molar-refractivity contribution >= 4 is 28.6 Å². The number of amides is 1. The SMILES string of the molecule is COc1cccc(NC(=O)[C@H]2CCCN(c3nc4cccnc4n(Cc4ccc(C)cc4)c3=O)C2)c1. The largest absolute Gasteiger partial charge is 0.497 e. The first-order chi connectivity index (χ1) is 17.5. The summed E-state index contributed by atoms with van der Waals surface area (Å²) < 4.78 is 6.94. The summed E-state index contributed by atoms with van der Waals surface area (Å²) in [6.45, 7) is 3.53. The molecule has 0 aliphatic carbocycles. The number of anilines is 2. The Labute approximate surface area is 209 Å². The summed E-state index contributed by atoms with van der Waals surface area (Å²) in [5, 5.41) is 2.99. The van der Waals surface area contributed by atoms with Gasteiger partial charge in [0.1, 0.15) is 11.3 Å². The van der Waals surface area contributed by atoms with E-state index in [0.29, 0.717) is 48.1 Å². The van der Waals surface area contributed by atoms with Crippen LogP contribution in [0.1, 0.15) is 24.0 Å². The summed E-state index contributed by atoms with van der Waals surface area (Å²) in [6.07, 6.45) is 3.22. The average molecular weight is 484 g/mol. The summed E-state index contributed by atoms with van der Waals surface area (Å²) in [7, 11) is 1.59. The molecule has 2 aromatic carbocycles. The number of benzene rings is 2. The second-order valence-electron chi connectivity index (χ2n) is 9.16. The van der Waals surface area contributed by atoms with Crippen molar-refractivity contribution in [2.75, 3.05) is 30.4 Å². The lowest BCUT2D eigenvalue weighted by Crippen LogP contribution is -2.44. The van der Waals surface area contributed by atoms with E-state index < -0.39 is 0 Å². The van der Waals surface area contributed by atoms with Crippen LogP contribution in [0.2, 0.25) is 0 Å². The zero-order valence-electron chi connectivity index (χ0n) is 20.5. The molecule has 8 heteroatoms. The number of piperidine rings is 1. The van der Waals surface area contributed by atoms with Crippen LogP contribution < -0.4 is 20.5 Å². The van der Waals surface area contributed by atoms with Gasteiger partial charge in [0.15, 0.2) is 11.5 Å². The first kappa shape index (κ1) is 23.5. The number of aryl methyl sites for hydroxylation is 1. The van der Waals surface area contributed by atoms with Gasteiger partial charge < -0.3 is 15.0 Å². The maximum atomic E-state index is 13.7. The summed E-state index contributed by atoms with van der Waals surface area (Å²) in [5.74, 6) is 0.708. The molecule has 0 spiro atoms. The highest BCUT2D eigenvalue weighted by atomic mass is 16.5. The van der Waals surface area contributed by atoms with Crippen LogP contribution in [0, 0.1) is 12.8 Å². The highest BCUT2D eigenvalue weighted by Gasteiger charge is 2.29.